The van der Waals surface area contributed by atoms with E-state index in [1.54, 1.807) is 30.3 Å². The smallest absolute Gasteiger partial charge is 0.247 e. The highest BCUT2D eigenvalue weighted by atomic mass is 35.5. The van der Waals surface area contributed by atoms with Gasteiger partial charge >= 0.3 is 0 Å². The molecule has 0 saturated heterocycles. The van der Waals surface area contributed by atoms with E-state index < -0.39 is 17.8 Å². The molecule has 5 aromatic rings. The van der Waals surface area contributed by atoms with Crippen molar-refractivity contribution < 1.29 is 18.8 Å². The van der Waals surface area contributed by atoms with Crippen LogP contribution in [0.5, 0.6) is 0 Å². The van der Waals surface area contributed by atoms with Gasteiger partial charge in [0, 0.05) is 47.8 Å². The molecule has 0 saturated carbocycles. The van der Waals surface area contributed by atoms with Gasteiger partial charge in [-0.15, -0.1) is 5.10 Å². The van der Waals surface area contributed by atoms with E-state index in [9.17, 15) is 14.4 Å². The number of tetrazole rings is 1. The molecule has 12 heteroatoms. The molecule has 2 aromatic heterocycles. The first-order valence-corrected chi connectivity index (χ1v) is 15.0. The van der Waals surface area contributed by atoms with Gasteiger partial charge in [-0.3, -0.25) is 19.1 Å². The number of aryl methyl sites for hydroxylation is 1. The molecule has 232 valence electrons. The third-order valence-corrected chi connectivity index (χ3v) is 8.35. The third-order valence-electron chi connectivity index (χ3n) is 8.06. The normalized spacial score (nSPS) is 14.4. The highest BCUT2D eigenvalue weighted by Crippen LogP contribution is 2.35. The van der Waals surface area contributed by atoms with Crippen LogP contribution >= 0.6 is 11.6 Å². The Kier molecular flexibility index (Phi) is 8.67. The fraction of sp³-hybridized carbons (Fsp3) is 0.206. The molecule has 1 atom stereocenters. The van der Waals surface area contributed by atoms with Crippen LogP contribution in [0, 0.1) is 12.7 Å². The van der Waals surface area contributed by atoms with Gasteiger partial charge in [0.15, 0.2) is 17.4 Å². The number of halogens is 2. The Labute approximate surface area is 269 Å². The molecule has 1 aliphatic rings. The fourth-order valence-corrected chi connectivity index (χ4v) is 5.99. The van der Waals surface area contributed by atoms with Gasteiger partial charge in [-0.2, -0.15) is 9.78 Å². The SMILES string of the molecule is CC(=O)c1ccc(CC(=O)C2c3c(C)nn(Cc4ccccc4)c3CCN2C(=O)/C=C/c2c(-n3cnnn3)ccc(Cl)c2F)cc1. The maximum Gasteiger partial charge on any atom is 0.247 e. The van der Waals surface area contributed by atoms with Crippen LogP contribution in [-0.2, 0) is 29.0 Å². The number of benzene rings is 3. The van der Waals surface area contributed by atoms with E-state index in [1.165, 1.54) is 41.1 Å². The summed E-state index contributed by atoms with van der Waals surface area (Å²) in [6.07, 6.45) is 4.37. The van der Waals surface area contributed by atoms with Gasteiger partial charge in [0.1, 0.15) is 12.4 Å². The van der Waals surface area contributed by atoms with Crippen LogP contribution in [0.1, 0.15) is 57.0 Å². The van der Waals surface area contributed by atoms with Crippen molar-refractivity contribution in [3.63, 3.8) is 0 Å². The maximum atomic E-state index is 15.2. The van der Waals surface area contributed by atoms with Gasteiger partial charge in [-0.05, 0) is 53.6 Å². The van der Waals surface area contributed by atoms with Crippen molar-refractivity contribution in [2.24, 2.45) is 0 Å². The number of ketones is 2. The Balaban J connectivity index is 1.36. The van der Waals surface area contributed by atoms with Crippen molar-refractivity contribution in [3.8, 4) is 5.69 Å². The number of fused-ring (bicyclic) bond motifs is 1. The van der Waals surface area contributed by atoms with Gasteiger partial charge in [-0.1, -0.05) is 66.2 Å². The van der Waals surface area contributed by atoms with Crippen LogP contribution in [0.15, 0.2) is 79.1 Å². The molecule has 3 aromatic carbocycles. The molecule has 0 bridgehead atoms. The summed E-state index contributed by atoms with van der Waals surface area (Å²) >= 11 is 6.08. The van der Waals surface area contributed by atoms with E-state index >= 15 is 4.39 Å². The highest BCUT2D eigenvalue weighted by molar-refractivity contribution is 6.31. The fourth-order valence-electron chi connectivity index (χ4n) is 5.82. The minimum Gasteiger partial charge on any atom is -0.324 e. The molecule has 0 fully saturated rings. The molecule has 0 aliphatic carbocycles. The van der Waals surface area contributed by atoms with Gasteiger partial charge < -0.3 is 4.90 Å². The summed E-state index contributed by atoms with van der Waals surface area (Å²) in [4.78, 5) is 41.3. The maximum absolute atomic E-state index is 15.2. The summed E-state index contributed by atoms with van der Waals surface area (Å²) in [7, 11) is 0. The zero-order valence-electron chi connectivity index (χ0n) is 25.1. The second-order valence-electron chi connectivity index (χ2n) is 11.1. The van der Waals surface area contributed by atoms with Crippen LogP contribution in [0.4, 0.5) is 4.39 Å². The van der Waals surface area contributed by atoms with Crippen molar-refractivity contribution in [1.29, 1.82) is 0 Å². The Hall–Kier alpha value is -5.29. The van der Waals surface area contributed by atoms with E-state index in [0.29, 0.717) is 35.3 Å². The Bertz CT molecular complexity index is 1950. The molecule has 0 radical (unpaired) electrons. The molecule has 3 heterocycles. The van der Waals surface area contributed by atoms with Gasteiger partial charge in [0.25, 0.3) is 0 Å². The zero-order valence-corrected chi connectivity index (χ0v) is 25.9. The van der Waals surface area contributed by atoms with Crippen LogP contribution < -0.4 is 0 Å². The first kappa shape index (κ1) is 30.7. The van der Waals surface area contributed by atoms with Gasteiger partial charge in [-0.25, -0.2) is 4.39 Å². The number of carbonyl (C=O) groups is 3. The number of Topliss-reactive ketones (excluding diaryl/α,β-unsaturated/α-hetero) is 2. The molecule has 1 amide bonds. The van der Waals surface area contributed by atoms with E-state index in [2.05, 4.69) is 15.5 Å². The summed E-state index contributed by atoms with van der Waals surface area (Å²) in [6, 6.07) is 18.8. The Morgan fingerprint density at radius 1 is 1.02 bits per heavy atom. The van der Waals surface area contributed by atoms with Crippen molar-refractivity contribution in [2.75, 3.05) is 6.54 Å². The second kappa shape index (κ2) is 13.0. The number of hydrogen-bond acceptors (Lipinski definition) is 7. The third kappa shape index (κ3) is 6.14. The van der Waals surface area contributed by atoms with E-state index in [1.807, 2.05) is 41.9 Å². The van der Waals surface area contributed by atoms with Gasteiger partial charge in [0.05, 0.1) is 22.9 Å². The molecule has 0 N–H and O–H groups in total. The topological polar surface area (TPSA) is 116 Å². The average molecular weight is 638 g/mol. The minimum atomic E-state index is -0.930. The predicted molar refractivity (Wildman–Crippen MR) is 169 cm³/mol. The Morgan fingerprint density at radius 2 is 1.78 bits per heavy atom. The highest BCUT2D eigenvalue weighted by Gasteiger charge is 2.39. The quantitative estimate of drug-likeness (QED) is 0.162. The summed E-state index contributed by atoms with van der Waals surface area (Å²) in [5, 5.41) is 15.7. The summed E-state index contributed by atoms with van der Waals surface area (Å²) in [5.74, 6) is -1.49. The monoisotopic (exact) mass is 637 g/mol. The lowest BCUT2D eigenvalue weighted by atomic mass is 9.90. The largest absolute Gasteiger partial charge is 0.324 e. The predicted octanol–water partition coefficient (Wildman–Crippen LogP) is 5.16. The summed E-state index contributed by atoms with van der Waals surface area (Å²) in [5.41, 5.74) is 4.86. The standard InChI is InChI=1S/C34H29ClFN7O3/c1-21-32-29(42(38-21)19-24-6-4-3-5-7-24)16-17-41(34(32)30(45)18-23-8-10-25(11-9-23)22(2)44)31(46)15-12-26-28(43-20-37-39-40-43)14-13-27(35)33(26)36/h3-15,20,34H,16-19H2,1-2H3/b15-12+. The van der Waals surface area contributed by atoms with Gasteiger partial charge in [0.2, 0.25) is 5.91 Å². The number of rotatable bonds is 9. The average Bonchev–Trinajstić information content (AvgIpc) is 3.70. The van der Waals surface area contributed by atoms with Crippen LogP contribution in [0.2, 0.25) is 5.02 Å². The zero-order chi connectivity index (χ0) is 32.4. The number of nitrogens with zero attached hydrogens (tertiary/aromatic N) is 7. The summed E-state index contributed by atoms with van der Waals surface area (Å²) < 4.78 is 18.4. The first-order chi connectivity index (χ1) is 22.2. The van der Waals surface area contributed by atoms with E-state index in [-0.39, 0.29) is 40.8 Å². The summed E-state index contributed by atoms with van der Waals surface area (Å²) in [6.45, 7) is 4.09. The van der Waals surface area contributed by atoms with E-state index in [0.717, 1.165) is 11.3 Å². The number of amides is 1. The minimum absolute atomic E-state index is 0.0196. The number of aromatic nitrogens is 6. The lowest BCUT2D eigenvalue weighted by Crippen LogP contribution is -2.43. The number of carbonyl (C=O) groups excluding carboxylic acids is 3. The molecule has 1 unspecified atom stereocenters. The van der Waals surface area contributed by atoms with Crippen LogP contribution in [-0.4, -0.2) is 58.9 Å². The molecule has 46 heavy (non-hydrogen) atoms. The molecule has 0 spiro atoms. The molecule has 10 nitrogen and oxygen atoms in total. The lowest BCUT2D eigenvalue weighted by Gasteiger charge is -2.35. The molecular formula is C34H29ClFN7O3. The van der Waals surface area contributed by atoms with Crippen LogP contribution in [0.3, 0.4) is 0 Å². The van der Waals surface area contributed by atoms with Crippen molar-refractivity contribution in [2.45, 2.75) is 39.3 Å². The molecule has 6 rings (SSSR count). The Morgan fingerprint density at radius 3 is 2.48 bits per heavy atom. The molecular weight excluding hydrogens is 609 g/mol. The van der Waals surface area contributed by atoms with Crippen molar-refractivity contribution in [1.82, 2.24) is 34.9 Å². The van der Waals surface area contributed by atoms with Crippen molar-refractivity contribution >= 4 is 35.2 Å². The van der Waals surface area contributed by atoms with Crippen molar-refractivity contribution in [3.05, 3.63) is 129 Å². The number of hydrogen-bond donors (Lipinski definition) is 0. The first-order valence-electron chi connectivity index (χ1n) is 14.6. The molecule has 1 aliphatic heterocycles. The van der Waals surface area contributed by atoms with Crippen LogP contribution in [0.25, 0.3) is 11.8 Å². The second-order valence-corrected chi connectivity index (χ2v) is 11.5. The lowest BCUT2D eigenvalue weighted by molar-refractivity contribution is -0.136. The van der Waals surface area contributed by atoms with E-state index in [4.69, 9.17) is 16.7 Å².